The molecule has 8 nitrogen and oxygen atoms in total. The second-order valence-corrected chi connectivity index (χ2v) is 3.46. The largest absolute Gasteiger partial charge is 0.368 e. The quantitative estimate of drug-likeness (QED) is 0.643. The molecule has 0 spiro atoms. The molecule has 2 aromatic rings. The SMILES string of the molecule is NC(=O)CNC(=O)c1ccc(-c2nn[nH]n2)cc1. The zero-order valence-electron chi connectivity index (χ0n) is 9.25. The molecule has 0 bridgehead atoms. The van der Waals surface area contributed by atoms with Gasteiger partial charge in [0.2, 0.25) is 11.7 Å². The highest BCUT2D eigenvalue weighted by atomic mass is 16.2. The third-order valence-corrected chi connectivity index (χ3v) is 2.17. The van der Waals surface area contributed by atoms with E-state index in [1.54, 1.807) is 24.3 Å². The Balaban J connectivity index is 2.08. The maximum absolute atomic E-state index is 11.6. The van der Waals surface area contributed by atoms with Crippen LogP contribution in [0.4, 0.5) is 0 Å². The smallest absolute Gasteiger partial charge is 0.251 e. The van der Waals surface area contributed by atoms with Crippen LogP contribution in [0.5, 0.6) is 0 Å². The van der Waals surface area contributed by atoms with Gasteiger partial charge in [0.1, 0.15) is 0 Å². The van der Waals surface area contributed by atoms with Gasteiger partial charge >= 0.3 is 0 Å². The Morgan fingerprint density at radius 2 is 2.00 bits per heavy atom. The highest BCUT2D eigenvalue weighted by molar-refractivity contribution is 5.96. The highest BCUT2D eigenvalue weighted by Crippen LogP contribution is 2.13. The number of tetrazole rings is 1. The number of nitrogens with two attached hydrogens (primary N) is 1. The van der Waals surface area contributed by atoms with Crippen molar-refractivity contribution in [1.29, 1.82) is 0 Å². The van der Waals surface area contributed by atoms with Crippen LogP contribution in [0.2, 0.25) is 0 Å². The molecule has 0 aliphatic heterocycles. The minimum Gasteiger partial charge on any atom is -0.368 e. The zero-order valence-corrected chi connectivity index (χ0v) is 9.25. The van der Waals surface area contributed by atoms with Gasteiger partial charge in [0.15, 0.2) is 0 Å². The number of primary amides is 1. The molecule has 0 aliphatic carbocycles. The predicted octanol–water partition coefficient (Wildman–Crippen LogP) is -0.918. The molecule has 0 unspecified atom stereocenters. The van der Waals surface area contributed by atoms with Crippen molar-refractivity contribution in [2.24, 2.45) is 5.73 Å². The number of hydrogen-bond donors (Lipinski definition) is 3. The van der Waals surface area contributed by atoms with E-state index in [2.05, 4.69) is 25.9 Å². The number of carbonyl (C=O) groups is 2. The summed E-state index contributed by atoms with van der Waals surface area (Å²) < 4.78 is 0. The third-order valence-electron chi connectivity index (χ3n) is 2.17. The number of hydrogen-bond acceptors (Lipinski definition) is 5. The standard InChI is InChI=1S/C10H10N6O2/c11-8(17)5-12-10(18)7-3-1-6(2-4-7)9-13-15-16-14-9/h1-4H,5H2,(H2,11,17)(H,12,18)(H,13,14,15,16). The summed E-state index contributed by atoms with van der Waals surface area (Å²) in [4.78, 5) is 22.1. The van der Waals surface area contributed by atoms with Crippen molar-refractivity contribution in [3.05, 3.63) is 29.8 Å². The molecule has 0 saturated carbocycles. The van der Waals surface area contributed by atoms with Gasteiger partial charge in [-0.15, -0.1) is 10.2 Å². The number of aromatic nitrogens is 4. The van der Waals surface area contributed by atoms with Crippen LogP contribution >= 0.6 is 0 Å². The van der Waals surface area contributed by atoms with Crippen LogP contribution in [0.1, 0.15) is 10.4 Å². The van der Waals surface area contributed by atoms with Crippen LogP contribution in [0.25, 0.3) is 11.4 Å². The Labute approximate surface area is 102 Å². The van der Waals surface area contributed by atoms with Crippen molar-refractivity contribution in [2.75, 3.05) is 6.54 Å². The van der Waals surface area contributed by atoms with Crippen molar-refractivity contribution in [3.63, 3.8) is 0 Å². The van der Waals surface area contributed by atoms with Crippen molar-refractivity contribution in [2.45, 2.75) is 0 Å². The van der Waals surface area contributed by atoms with E-state index in [9.17, 15) is 9.59 Å². The second kappa shape index (κ2) is 5.04. The lowest BCUT2D eigenvalue weighted by Crippen LogP contribution is -2.33. The molecule has 1 aromatic carbocycles. The molecule has 0 radical (unpaired) electrons. The van der Waals surface area contributed by atoms with Gasteiger partial charge in [0.05, 0.1) is 6.54 Å². The summed E-state index contributed by atoms with van der Waals surface area (Å²) >= 11 is 0. The molecule has 2 amide bonds. The summed E-state index contributed by atoms with van der Waals surface area (Å²) in [6.07, 6.45) is 0. The Morgan fingerprint density at radius 3 is 2.56 bits per heavy atom. The monoisotopic (exact) mass is 246 g/mol. The number of carbonyl (C=O) groups excluding carboxylic acids is 2. The summed E-state index contributed by atoms with van der Waals surface area (Å²) in [5.74, 6) is -0.515. The first-order valence-corrected chi connectivity index (χ1v) is 5.07. The number of rotatable bonds is 4. The molecule has 0 atom stereocenters. The van der Waals surface area contributed by atoms with E-state index in [0.29, 0.717) is 11.4 Å². The fourth-order valence-corrected chi connectivity index (χ4v) is 1.32. The molecule has 18 heavy (non-hydrogen) atoms. The Bertz CT molecular complexity index is 548. The van der Waals surface area contributed by atoms with Gasteiger partial charge in [-0.05, 0) is 17.3 Å². The number of aromatic amines is 1. The molecular formula is C10H10N6O2. The van der Waals surface area contributed by atoms with Crippen molar-refractivity contribution >= 4 is 11.8 Å². The van der Waals surface area contributed by atoms with Gasteiger partial charge in [-0.25, -0.2) is 0 Å². The third kappa shape index (κ3) is 2.67. The normalized spacial score (nSPS) is 10.0. The molecule has 0 saturated heterocycles. The molecular weight excluding hydrogens is 236 g/mol. The van der Waals surface area contributed by atoms with E-state index in [4.69, 9.17) is 5.73 Å². The van der Waals surface area contributed by atoms with E-state index in [0.717, 1.165) is 5.56 Å². The molecule has 0 aliphatic rings. The average Bonchev–Trinajstić information content (AvgIpc) is 2.90. The number of nitrogens with zero attached hydrogens (tertiary/aromatic N) is 3. The van der Waals surface area contributed by atoms with Crippen LogP contribution in [0.15, 0.2) is 24.3 Å². The fourth-order valence-electron chi connectivity index (χ4n) is 1.32. The van der Waals surface area contributed by atoms with Gasteiger partial charge in [0, 0.05) is 11.1 Å². The van der Waals surface area contributed by atoms with Crippen LogP contribution < -0.4 is 11.1 Å². The average molecular weight is 246 g/mol. The number of H-pyrrole nitrogens is 1. The second-order valence-electron chi connectivity index (χ2n) is 3.46. The highest BCUT2D eigenvalue weighted by Gasteiger charge is 2.08. The van der Waals surface area contributed by atoms with E-state index >= 15 is 0 Å². The lowest BCUT2D eigenvalue weighted by atomic mass is 10.1. The van der Waals surface area contributed by atoms with E-state index < -0.39 is 5.91 Å². The van der Waals surface area contributed by atoms with E-state index in [1.807, 2.05) is 0 Å². The van der Waals surface area contributed by atoms with Crippen molar-refractivity contribution in [3.8, 4) is 11.4 Å². The Morgan fingerprint density at radius 1 is 1.28 bits per heavy atom. The molecule has 2 rings (SSSR count). The molecule has 1 aromatic heterocycles. The fraction of sp³-hybridized carbons (Fsp3) is 0.100. The van der Waals surface area contributed by atoms with Crippen LogP contribution in [-0.2, 0) is 4.79 Å². The summed E-state index contributed by atoms with van der Waals surface area (Å²) in [5.41, 5.74) is 6.08. The lowest BCUT2D eigenvalue weighted by Gasteiger charge is -2.03. The van der Waals surface area contributed by atoms with E-state index in [-0.39, 0.29) is 12.5 Å². The maximum atomic E-state index is 11.6. The summed E-state index contributed by atoms with van der Waals surface area (Å²) in [7, 11) is 0. The lowest BCUT2D eigenvalue weighted by molar-refractivity contribution is -0.117. The van der Waals surface area contributed by atoms with Crippen LogP contribution in [-0.4, -0.2) is 39.0 Å². The minimum absolute atomic E-state index is 0.189. The zero-order chi connectivity index (χ0) is 13.0. The number of amides is 2. The van der Waals surface area contributed by atoms with Gasteiger partial charge in [-0.2, -0.15) is 5.21 Å². The van der Waals surface area contributed by atoms with Crippen molar-refractivity contribution < 1.29 is 9.59 Å². The summed E-state index contributed by atoms with van der Waals surface area (Å²) in [5, 5.41) is 15.8. The first-order valence-electron chi connectivity index (χ1n) is 5.07. The van der Waals surface area contributed by atoms with Gasteiger partial charge in [-0.1, -0.05) is 12.1 Å². The molecule has 92 valence electrons. The number of nitrogens with one attached hydrogen (secondary N) is 2. The van der Waals surface area contributed by atoms with Gasteiger partial charge in [-0.3, -0.25) is 9.59 Å². The van der Waals surface area contributed by atoms with Crippen LogP contribution in [0.3, 0.4) is 0 Å². The summed E-state index contributed by atoms with van der Waals surface area (Å²) in [6, 6.07) is 6.57. The molecule has 4 N–H and O–H groups in total. The minimum atomic E-state index is -0.591. The van der Waals surface area contributed by atoms with E-state index in [1.165, 1.54) is 0 Å². The molecule has 1 heterocycles. The van der Waals surface area contributed by atoms with Gasteiger partial charge in [0.25, 0.3) is 5.91 Å². The summed E-state index contributed by atoms with van der Waals surface area (Å²) in [6.45, 7) is -0.189. The van der Waals surface area contributed by atoms with Crippen LogP contribution in [0, 0.1) is 0 Å². The topological polar surface area (TPSA) is 127 Å². The number of benzene rings is 1. The van der Waals surface area contributed by atoms with Gasteiger partial charge < -0.3 is 11.1 Å². The van der Waals surface area contributed by atoms with Crippen molar-refractivity contribution in [1.82, 2.24) is 25.9 Å². The maximum Gasteiger partial charge on any atom is 0.251 e. The first-order chi connectivity index (χ1) is 8.66. The predicted molar refractivity (Wildman–Crippen MR) is 61.1 cm³/mol. The Kier molecular flexibility index (Phi) is 3.28. The Hall–Kier alpha value is -2.77. The first kappa shape index (κ1) is 11.7. The molecule has 8 heteroatoms. The molecule has 0 fully saturated rings.